The molecule has 86 valence electrons. The lowest BCUT2D eigenvalue weighted by Gasteiger charge is -2.07. The summed E-state index contributed by atoms with van der Waals surface area (Å²) in [5.41, 5.74) is 1.39. The molecule has 1 aromatic carbocycles. The van der Waals surface area contributed by atoms with Crippen LogP contribution >= 0.6 is 0 Å². The molecule has 0 bridgehead atoms. The monoisotopic (exact) mass is 228 g/mol. The minimum atomic E-state index is -0.521. The molecule has 0 fully saturated rings. The molecule has 0 atom stereocenters. The van der Waals surface area contributed by atoms with Crippen molar-refractivity contribution in [3.63, 3.8) is 0 Å². The first kappa shape index (κ1) is 11.1. The van der Waals surface area contributed by atoms with Crippen LogP contribution in [0, 0.1) is 6.92 Å². The summed E-state index contributed by atoms with van der Waals surface area (Å²) in [5, 5.41) is 2.64. The van der Waals surface area contributed by atoms with Crippen molar-refractivity contribution in [1.82, 2.24) is 4.98 Å². The molecule has 4 nitrogen and oxygen atoms in total. The molecule has 0 saturated carbocycles. The second kappa shape index (κ2) is 5.12. The van der Waals surface area contributed by atoms with Crippen LogP contribution in [-0.4, -0.2) is 11.1 Å². The predicted molar refractivity (Wildman–Crippen MR) is 65.1 cm³/mol. The maximum absolute atomic E-state index is 11.6. The van der Waals surface area contributed by atoms with Gasteiger partial charge in [-0.3, -0.25) is 10.3 Å². The van der Waals surface area contributed by atoms with Crippen molar-refractivity contribution in [2.45, 2.75) is 6.92 Å². The van der Waals surface area contributed by atoms with Crippen LogP contribution in [0.4, 0.5) is 10.5 Å². The Bertz CT molecular complexity index is 512. The van der Waals surface area contributed by atoms with Gasteiger partial charge in [0.1, 0.15) is 5.75 Å². The van der Waals surface area contributed by atoms with Crippen molar-refractivity contribution >= 4 is 11.8 Å². The molecule has 0 aliphatic carbocycles. The molecule has 0 spiro atoms. The number of carbonyl (C=O) groups excluding carboxylic acids is 1. The number of hydrogen-bond acceptors (Lipinski definition) is 3. The lowest BCUT2D eigenvalue weighted by Crippen LogP contribution is -2.17. The van der Waals surface area contributed by atoms with Crippen LogP contribution in [0.2, 0.25) is 0 Å². The Morgan fingerprint density at radius 2 is 1.94 bits per heavy atom. The van der Waals surface area contributed by atoms with Crippen LogP contribution in [-0.2, 0) is 0 Å². The zero-order chi connectivity index (χ0) is 12.1. The number of pyridine rings is 1. The lowest BCUT2D eigenvalue weighted by atomic mass is 10.3. The van der Waals surface area contributed by atoms with Crippen LogP contribution in [0.1, 0.15) is 5.69 Å². The molecule has 1 N–H and O–H groups in total. The van der Waals surface area contributed by atoms with E-state index in [-0.39, 0.29) is 0 Å². The highest BCUT2D eigenvalue weighted by molar-refractivity contribution is 5.86. The highest BCUT2D eigenvalue weighted by Gasteiger charge is 2.06. The van der Waals surface area contributed by atoms with Gasteiger partial charge in [0.2, 0.25) is 0 Å². The van der Waals surface area contributed by atoms with E-state index >= 15 is 0 Å². The number of rotatable bonds is 2. The van der Waals surface area contributed by atoms with Gasteiger partial charge >= 0.3 is 6.09 Å². The number of aromatic nitrogens is 1. The second-order valence-corrected chi connectivity index (χ2v) is 3.46. The zero-order valence-corrected chi connectivity index (χ0v) is 9.38. The highest BCUT2D eigenvalue weighted by atomic mass is 16.6. The summed E-state index contributed by atoms with van der Waals surface area (Å²) < 4.78 is 5.10. The van der Waals surface area contributed by atoms with E-state index in [0.717, 1.165) is 5.69 Å². The molecule has 17 heavy (non-hydrogen) atoms. The minimum Gasteiger partial charge on any atom is -0.410 e. The van der Waals surface area contributed by atoms with Gasteiger partial charge in [0.05, 0.1) is 11.4 Å². The number of nitrogens with zero attached hydrogens (tertiary/aromatic N) is 1. The summed E-state index contributed by atoms with van der Waals surface area (Å²) in [6.45, 7) is 1.82. The Labute approximate surface area is 99.3 Å². The molecule has 0 unspecified atom stereocenters. The average molecular weight is 228 g/mol. The Kier molecular flexibility index (Phi) is 3.35. The lowest BCUT2D eigenvalue weighted by molar-refractivity contribution is 0.215. The van der Waals surface area contributed by atoms with Gasteiger partial charge in [-0.15, -0.1) is 0 Å². The minimum absolute atomic E-state index is 0.506. The molecule has 1 heterocycles. The molecule has 2 rings (SSSR count). The van der Waals surface area contributed by atoms with Gasteiger partial charge in [-0.2, -0.15) is 0 Å². The van der Waals surface area contributed by atoms with Gasteiger partial charge in [-0.05, 0) is 31.2 Å². The topological polar surface area (TPSA) is 51.2 Å². The van der Waals surface area contributed by atoms with Gasteiger partial charge in [-0.1, -0.05) is 18.2 Å². The molecular formula is C13H12N2O2. The predicted octanol–water partition coefficient (Wildman–Crippen LogP) is 3.00. The van der Waals surface area contributed by atoms with Crippen LogP contribution < -0.4 is 10.1 Å². The number of hydrogen-bond donors (Lipinski definition) is 1. The maximum Gasteiger partial charge on any atom is 0.417 e. The van der Waals surface area contributed by atoms with Crippen LogP contribution in [0.5, 0.6) is 5.75 Å². The van der Waals surface area contributed by atoms with Crippen LogP contribution in [0.3, 0.4) is 0 Å². The third-order valence-electron chi connectivity index (χ3n) is 2.20. The number of aryl methyl sites for hydroxylation is 1. The molecule has 0 aliphatic rings. The first-order chi connectivity index (χ1) is 8.25. The van der Waals surface area contributed by atoms with Crippen molar-refractivity contribution in [2.24, 2.45) is 0 Å². The third kappa shape index (κ3) is 3.04. The summed E-state index contributed by atoms with van der Waals surface area (Å²) in [6, 6.07) is 12.4. The molecular weight excluding hydrogens is 216 g/mol. The molecule has 1 aromatic heterocycles. The van der Waals surface area contributed by atoms with Gasteiger partial charge < -0.3 is 4.74 Å². The van der Waals surface area contributed by atoms with E-state index in [1.165, 1.54) is 0 Å². The standard InChI is InChI=1S/C13H12N2O2/c1-10-12(8-5-9-14-10)15-13(16)17-11-6-3-2-4-7-11/h2-9H,1H3,(H,15,16). The van der Waals surface area contributed by atoms with Crippen LogP contribution in [0.25, 0.3) is 0 Å². The number of benzene rings is 1. The van der Waals surface area contributed by atoms with E-state index in [0.29, 0.717) is 11.4 Å². The Hall–Kier alpha value is -2.36. The Morgan fingerprint density at radius 1 is 1.18 bits per heavy atom. The van der Waals surface area contributed by atoms with E-state index in [2.05, 4.69) is 10.3 Å². The van der Waals surface area contributed by atoms with Crippen molar-refractivity contribution in [1.29, 1.82) is 0 Å². The smallest absolute Gasteiger partial charge is 0.410 e. The fourth-order valence-corrected chi connectivity index (χ4v) is 1.35. The number of carbonyl (C=O) groups is 1. The third-order valence-corrected chi connectivity index (χ3v) is 2.20. The van der Waals surface area contributed by atoms with E-state index in [4.69, 9.17) is 4.74 Å². The molecule has 2 aromatic rings. The van der Waals surface area contributed by atoms with Crippen molar-refractivity contribution in [3.05, 3.63) is 54.4 Å². The average Bonchev–Trinajstić information content (AvgIpc) is 2.33. The second-order valence-electron chi connectivity index (χ2n) is 3.46. The molecule has 0 saturated heterocycles. The van der Waals surface area contributed by atoms with E-state index in [1.54, 1.807) is 42.6 Å². The van der Waals surface area contributed by atoms with Gasteiger partial charge in [-0.25, -0.2) is 4.79 Å². The molecule has 1 amide bonds. The zero-order valence-electron chi connectivity index (χ0n) is 9.38. The van der Waals surface area contributed by atoms with Gasteiger partial charge in [0, 0.05) is 6.20 Å². The van der Waals surface area contributed by atoms with E-state index in [1.807, 2.05) is 13.0 Å². The normalized spacial score (nSPS) is 9.71. The molecule has 0 aliphatic heterocycles. The number of anilines is 1. The summed E-state index contributed by atoms with van der Waals surface area (Å²) in [5.74, 6) is 0.506. The summed E-state index contributed by atoms with van der Waals surface area (Å²) in [7, 11) is 0. The quantitative estimate of drug-likeness (QED) is 0.859. The SMILES string of the molecule is Cc1ncccc1NC(=O)Oc1ccccc1. The summed E-state index contributed by atoms with van der Waals surface area (Å²) in [6.07, 6.45) is 1.15. The highest BCUT2D eigenvalue weighted by Crippen LogP contribution is 2.13. The summed E-state index contributed by atoms with van der Waals surface area (Å²) >= 11 is 0. The first-order valence-corrected chi connectivity index (χ1v) is 5.21. The van der Waals surface area contributed by atoms with E-state index in [9.17, 15) is 4.79 Å². The van der Waals surface area contributed by atoms with Gasteiger partial charge in [0.15, 0.2) is 0 Å². The molecule has 0 radical (unpaired) electrons. The van der Waals surface area contributed by atoms with Crippen molar-refractivity contribution in [3.8, 4) is 5.75 Å². The number of ether oxygens (including phenoxy) is 1. The number of amides is 1. The fraction of sp³-hybridized carbons (Fsp3) is 0.0769. The maximum atomic E-state index is 11.6. The van der Waals surface area contributed by atoms with Crippen molar-refractivity contribution in [2.75, 3.05) is 5.32 Å². The van der Waals surface area contributed by atoms with E-state index < -0.39 is 6.09 Å². The van der Waals surface area contributed by atoms with Crippen molar-refractivity contribution < 1.29 is 9.53 Å². The number of para-hydroxylation sites is 1. The van der Waals surface area contributed by atoms with Crippen LogP contribution in [0.15, 0.2) is 48.7 Å². The van der Waals surface area contributed by atoms with Gasteiger partial charge in [0.25, 0.3) is 0 Å². The Balaban J connectivity index is 2.01. The largest absolute Gasteiger partial charge is 0.417 e. The fourth-order valence-electron chi connectivity index (χ4n) is 1.35. The number of nitrogens with one attached hydrogen (secondary N) is 1. The Morgan fingerprint density at radius 3 is 2.65 bits per heavy atom. The molecule has 4 heteroatoms. The first-order valence-electron chi connectivity index (χ1n) is 5.21. The summed E-state index contributed by atoms with van der Waals surface area (Å²) in [4.78, 5) is 15.6.